The molecule has 0 fully saturated rings. The van der Waals surface area contributed by atoms with Crippen LogP contribution >= 0.6 is 11.6 Å². The summed E-state index contributed by atoms with van der Waals surface area (Å²) in [5.41, 5.74) is 1.78. The van der Waals surface area contributed by atoms with Gasteiger partial charge in [-0.2, -0.15) is 0 Å². The normalized spacial score (nSPS) is 10.3. The van der Waals surface area contributed by atoms with Gasteiger partial charge in [-0.3, -0.25) is 4.79 Å². The fourth-order valence-corrected chi connectivity index (χ4v) is 2.23. The Morgan fingerprint density at radius 2 is 2.00 bits per heavy atom. The van der Waals surface area contributed by atoms with Crippen LogP contribution in [0.1, 0.15) is 17.3 Å². The van der Waals surface area contributed by atoms with Crippen molar-refractivity contribution in [3.8, 4) is 0 Å². The molecule has 2 nitrogen and oxygen atoms in total. The molecule has 0 saturated carbocycles. The van der Waals surface area contributed by atoms with E-state index in [1.54, 1.807) is 30.3 Å². The number of carbonyl (C=O) groups excluding carboxylic acids is 1. The fraction of sp³-hybridized carbons (Fsp3) is 0.133. The number of nitrogens with zero attached hydrogens (tertiary/aromatic N) is 1. The van der Waals surface area contributed by atoms with Crippen LogP contribution in [-0.4, -0.2) is 12.8 Å². The molecule has 0 heterocycles. The lowest BCUT2D eigenvalue weighted by Gasteiger charge is -2.25. The van der Waals surface area contributed by atoms with Gasteiger partial charge in [0.15, 0.2) is 6.29 Å². The highest BCUT2D eigenvalue weighted by molar-refractivity contribution is 6.33. The van der Waals surface area contributed by atoms with Crippen LogP contribution in [0.2, 0.25) is 5.02 Å². The van der Waals surface area contributed by atoms with E-state index >= 15 is 0 Å². The Bertz CT molecular complexity index is 600. The van der Waals surface area contributed by atoms with Gasteiger partial charge in [-0.25, -0.2) is 4.39 Å². The van der Waals surface area contributed by atoms with Crippen LogP contribution in [0.4, 0.5) is 15.8 Å². The molecule has 19 heavy (non-hydrogen) atoms. The number of carbonyl (C=O) groups is 1. The van der Waals surface area contributed by atoms with Crippen molar-refractivity contribution in [2.24, 2.45) is 0 Å². The standard InChI is InChI=1S/C15H13ClFNO/c1-2-18(12-6-3-5-11(17)9-12)15-8-4-7-14(16)13(15)10-19/h3-10H,2H2,1H3. The van der Waals surface area contributed by atoms with Gasteiger partial charge in [0.05, 0.1) is 16.3 Å². The molecule has 0 unspecified atom stereocenters. The van der Waals surface area contributed by atoms with E-state index < -0.39 is 0 Å². The Labute approximate surface area is 116 Å². The summed E-state index contributed by atoms with van der Waals surface area (Å²) in [6.45, 7) is 2.53. The molecule has 98 valence electrons. The monoisotopic (exact) mass is 277 g/mol. The number of aldehydes is 1. The molecule has 0 spiro atoms. The molecule has 0 N–H and O–H groups in total. The van der Waals surface area contributed by atoms with Crippen LogP contribution in [0.3, 0.4) is 0 Å². The minimum atomic E-state index is -0.314. The smallest absolute Gasteiger partial charge is 0.153 e. The predicted molar refractivity (Wildman–Crippen MR) is 75.9 cm³/mol. The molecule has 0 radical (unpaired) electrons. The van der Waals surface area contributed by atoms with E-state index in [-0.39, 0.29) is 5.82 Å². The zero-order valence-electron chi connectivity index (χ0n) is 10.4. The summed E-state index contributed by atoms with van der Waals surface area (Å²) in [7, 11) is 0. The Morgan fingerprint density at radius 3 is 2.63 bits per heavy atom. The molecule has 0 aliphatic heterocycles. The van der Waals surface area contributed by atoms with Crippen molar-refractivity contribution < 1.29 is 9.18 Å². The van der Waals surface area contributed by atoms with Gasteiger partial charge in [0.25, 0.3) is 0 Å². The lowest BCUT2D eigenvalue weighted by molar-refractivity contribution is 0.112. The molecule has 4 heteroatoms. The summed E-state index contributed by atoms with van der Waals surface area (Å²) >= 11 is 6.02. The summed E-state index contributed by atoms with van der Waals surface area (Å²) < 4.78 is 13.3. The number of rotatable bonds is 4. The first-order valence-corrected chi connectivity index (χ1v) is 6.32. The van der Waals surface area contributed by atoms with Gasteiger partial charge >= 0.3 is 0 Å². The summed E-state index contributed by atoms with van der Waals surface area (Å²) in [5.74, 6) is -0.314. The highest BCUT2D eigenvalue weighted by atomic mass is 35.5. The molecule has 0 aliphatic carbocycles. The van der Waals surface area contributed by atoms with Gasteiger partial charge in [0, 0.05) is 12.2 Å². The number of hydrogen-bond acceptors (Lipinski definition) is 2. The van der Waals surface area contributed by atoms with E-state index in [4.69, 9.17) is 11.6 Å². The molecule has 0 amide bonds. The predicted octanol–water partition coefficient (Wildman–Crippen LogP) is 4.45. The van der Waals surface area contributed by atoms with Crippen LogP contribution in [0.25, 0.3) is 0 Å². The largest absolute Gasteiger partial charge is 0.341 e. The van der Waals surface area contributed by atoms with Crippen molar-refractivity contribution >= 4 is 29.3 Å². The molecule has 2 aromatic rings. The van der Waals surface area contributed by atoms with Crippen LogP contribution in [0, 0.1) is 5.82 Å². The number of anilines is 2. The van der Waals surface area contributed by atoms with Crippen molar-refractivity contribution in [1.82, 2.24) is 0 Å². The first-order valence-electron chi connectivity index (χ1n) is 5.94. The average molecular weight is 278 g/mol. The molecular weight excluding hydrogens is 265 g/mol. The molecule has 0 saturated heterocycles. The van der Waals surface area contributed by atoms with Crippen molar-refractivity contribution in [2.75, 3.05) is 11.4 Å². The zero-order valence-corrected chi connectivity index (χ0v) is 11.2. The van der Waals surface area contributed by atoms with Crippen LogP contribution < -0.4 is 4.90 Å². The van der Waals surface area contributed by atoms with Crippen molar-refractivity contribution in [1.29, 1.82) is 0 Å². The van der Waals surface area contributed by atoms with Crippen molar-refractivity contribution in [2.45, 2.75) is 6.92 Å². The first kappa shape index (κ1) is 13.6. The number of benzene rings is 2. The van der Waals surface area contributed by atoms with Gasteiger partial charge in [-0.1, -0.05) is 23.7 Å². The van der Waals surface area contributed by atoms with Gasteiger partial charge < -0.3 is 4.90 Å². The summed E-state index contributed by atoms with van der Waals surface area (Å²) in [4.78, 5) is 13.0. The second kappa shape index (κ2) is 5.85. The SMILES string of the molecule is CCN(c1cccc(F)c1)c1cccc(Cl)c1C=O. The van der Waals surface area contributed by atoms with Crippen molar-refractivity contribution in [3.63, 3.8) is 0 Å². The maximum absolute atomic E-state index is 13.3. The highest BCUT2D eigenvalue weighted by Crippen LogP contribution is 2.31. The maximum Gasteiger partial charge on any atom is 0.153 e. The van der Waals surface area contributed by atoms with Crippen LogP contribution in [0.5, 0.6) is 0 Å². The topological polar surface area (TPSA) is 20.3 Å². The molecule has 2 aromatic carbocycles. The van der Waals surface area contributed by atoms with Crippen molar-refractivity contribution in [3.05, 3.63) is 58.9 Å². The Morgan fingerprint density at radius 1 is 1.26 bits per heavy atom. The third-order valence-corrected chi connectivity index (χ3v) is 3.20. The Balaban J connectivity index is 2.54. The van der Waals surface area contributed by atoms with E-state index in [2.05, 4.69) is 0 Å². The van der Waals surface area contributed by atoms with E-state index in [9.17, 15) is 9.18 Å². The third-order valence-electron chi connectivity index (χ3n) is 2.87. The van der Waals surface area contributed by atoms with E-state index in [0.29, 0.717) is 28.5 Å². The molecule has 0 bridgehead atoms. The van der Waals surface area contributed by atoms with Crippen LogP contribution in [-0.2, 0) is 0 Å². The van der Waals surface area contributed by atoms with E-state index in [1.807, 2.05) is 11.8 Å². The van der Waals surface area contributed by atoms with Gasteiger partial charge in [-0.05, 0) is 37.3 Å². The zero-order chi connectivity index (χ0) is 13.8. The molecule has 0 aliphatic rings. The molecule has 0 aromatic heterocycles. The lowest BCUT2D eigenvalue weighted by Crippen LogP contribution is -2.17. The van der Waals surface area contributed by atoms with Gasteiger partial charge in [-0.15, -0.1) is 0 Å². The quantitative estimate of drug-likeness (QED) is 0.770. The van der Waals surface area contributed by atoms with Gasteiger partial charge in [0.1, 0.15) is 5.82 Å². The third kappa shape index (κ3) is 2.76. The van der Waals surface area contributed by atoms with Gasteiger partial charge in [0.2, 0.25) is 0 Å². The first-order chi connectivity index (χ1) is 9.17. The molecule has 2 rings (SSSR count). The minimum absolute atomic E-state index is 0.314. The summed E-state index contributed by atoms with van der Waals surface area (Å²) in [6, 6.07) is 11.5. The highest BCUT2D eigenvalue weighted by Gasteiger charge is 2.14. The lowest BCUT2D eigenvalue weighted by atomic mass is 10.1. The second-order valence-electron chi connectivity index (χ2n) is 4.01. The van der Waals surface area contributed by atoms with Crippen LogP contribution in [0.15, 0.2) is 42.5 Å². The van der Waals surface area contributed by atoms with E-state index in [1.165, 1.54) is 12.1 Å². The minimum Gasteiger partial charge on any atom is -0.341 e. The van der Waals surface area contributed by atoms with E-state index in [0.717, 1.165) is 6.29 Å². The fourth-order valence-electron chi connectivity index (χ4n) is 2.01. The summed E-state index contributed by atoms with van der Waals surface area (Å²) in [6.07, 6.45) is 0.722. The Kier molecular flexibility index (Phi) is 4.17. The average Bonchev–Trinajstić information content (AvgIpc) is 2.40. The number of hydrogen-bond donors (Lipinski definition) is 0. The Hall–Kier alpha value is -1.87. The summed E-state index contributed by atoms with van der Waals surface area (Å²) in [5, 5.41) is 0.391. The molecular formula is C15H13ClFNO. The maximum atomic E-state index is 13.3. The number of halogens is 2. The second-order valence-corrected chi connectivity index (χ2v) is 4.42. The molecule has 0 atom stereocenters.